The lowest BCUT2D eigenvalue weighted by atomic mass is 9.84. The number of nitrogens with zero attached hydrogens (tertiary/aromatic N) is 2. The number of piperazine rings is 1. The summed E-state index contributed by atoms with van der Waals surface area (Å²) in [6, 6.07) is 5.80. The Morgan fingerprint density at radius 2 is 1.68 bits per heavy atom. The topological polar surface area (TPSA) is 35.6 Å². The standard InChI is InChI=1S/C24H34F3N3O/c1-2-17-3-7-20(8-4-17)28-23(31)22-15-18(22)16-29-11-13-30(14-12-29)21-9-5-19(6-10-21)24(25,26)27/h5-6,9-10,17-18,20,22H,2-4,7-8,11-16H2,1H3,(H,28,31). The Morgan fingerprint density at radius 3 is 2.26 bits per heavy atom. The van der Waals surface area contributed by atoms with E-state index in [1.54, 1.807) is 12.1 Å². The van der Waals surface area contributed by atoms with E-state index in [0.717, 1.165) is 75.7 Å². The largest absolute Gasteiger partial charge is 0.416 e. The third-order valence-electron chi connectivity index (χ3n) is 7.45. The highest BCUT2D eigenvalue weighted by atomic mass is 19.4. The van der Waals surface area contributed by atoms with E-state index in [-0.39, 0.29) is 11.8 Å². The van der Waals surface area contributed by atoms with Gasteiger partial charge in [0.2, 0.25) is 5.91 Å². The number of amides is 1. The van der Waals surface area contributed by atoms with Gasteiger partial charge in [-0.3, -0.25) is 9.69 Å². The Labute approximate surface area is 183 Å². The summed E-state index contributed by atoms with van der Waals surface area (Å²) in [5.74, 6) is 1.69. The molecule has 1 N–H and O–H groups in total. The molecule has 0 spiro atoms. The van der Waals surface area contributed by atoms with Crippen molar-refractivity contribution in [2.45, 2.75) is 57.7 Å². The molecular weight excluding hydrogens is 403 g/mol. The number of hydrogen-bond donors (Lipinski definition) is 1. The Hall–Kier alpha value is -1.76. The van der Waals surface area contributed by atoms with Crippen LogP contribution in [0.2, 0.25) is 0 Å². The normalized spacial score (nSPS) is 29.6. The van der Waals surface area contributed by atoms with Gasteiger partial charge in [-0.05, 0) is 68.2 Å². The first kappa shape index (κ1) is 22.4. The molecule has 1 aromatic carbocycles. The van der Waals surface area contributed by atoms with Gasteiger partial charge in [-0.15, -0.1) is 0 Å². The fraction of sp³-hybridized carbons (Fsp3) is 0.708. The monoisotopic (exact) mass is 437 g/mol. The van der Waals surface area contributed by atoms with Crippen LogP contribution in [-0.2, 0) is 11.0 Å². The molecule has 2 atom stereocenters. The lowest BCUT2D eigenvalue weighted by Crippen LogP contribution is -2.47. The molecule has 2 unspecified atom stereocenters. The summed E-state index contributed by atoms with van der Waals surface area (Å²) in [7, 11) is 0. The quantitative estimate of drug-likeness (QED) is 0.709. The number of rotatable bonds is 6. The predicted molar refractivity (Wildman–Crippen MR) is 116 cm³/mol. The van der Waals surface area contributed by atoms with Gasteiger partial charge in [0.05, 0.1) is 5.56 Å². The summed E-state index contributed by atoms with van der Waals surface area (Å²) < 4.78 is 38.2. The molecule has 31 heavy (non-hydrogen) atoms. The van der Waals surface area contributed by atoms with Gasteiger partial charge in [-0.2, -0.15) is 13.2 Å². The van der Waals surface area contributed by atoms with Crippen LogP contribution in [0.15, 0.2) is 24.3 Å². The van der Waals surface area contributed by atoms with Crippen LogP contribution >= 0.6 is 0 Å². The first-order chi connectivity index (χ1) is 14.8. The van der Waals surface area contributed by atoms with Crippen molar-refractivity contribution in [2.75, 3.05) is 37.6 Å². The van der Waals surface area contributed by atoms with Crippen molar-refractivity contribution in [3.63, 3.8) is 0 Å². The molecule has 4 nitrogen and oxygen atoms in total. The van der Waals surface area contributed by atoms with Crippen molar-refractivity contribution in [3.8, 4) is 0 Å². The van der Waals surface area contributed by atoms with Crippen LogP contribution in [0.3, 0.4) is 0 Å². The lowest BCUT2D eigenvalue weighted by molar-refractivity contribution is -0.137. The van der Waals surface area contributed by atoms with E-state index >= 15 is 0 Å². The second kappa shape index (κ2) is 9.39. The van der Waals surface area contributed by atoms with E-state index < -0.39 is 11.7 Å². The molecule has 0 bridgehead atoms. The molecule has 1 amide bonds. The minimum atomic E-state index is -4.29. The number of anilines is 1. The van der Waals surface area contributed by atoms with Gasteiger partial charge in [0.15, 0.2) is 0 Å². The van der Waals surface area contributed by atoms with Crippen LogP contribution in [0.4, 0.5) is 18.9 Å². The van der Waals surface area contributed by atoms with Gasteiger partial charge < -0.3 is 10.2 Å². The lowest BCUT2D eigenvalue weighted by Gasteiger charge is -2.36. The highest BCUT2D eigenvalue weighted by Gasteiger charge is 2.44. The van der Waals surface area contributed by atoms with Crippen molar-refractivity contribution in [2.24, 2.45) is 17.8 Å². The van der Waals surface area contributed by atoms with Crippen LogP contribution in [0, 0.1) is 17.8 Å². The molecule has 0 aromatic heterocycles. The first-order valence-electron chi connectivity index (χ1n) is 11.8. The molecule has 1 saturated heterocycles. The molecule has 1 aliphatic heterocycles. The van der Waals surface area contributed by atoms with E-state index in [2.05, 4.69) is 22.0 Å². The number of benzene rings is 1. The van der Waals surface area contributed by atoms with Crippen LogP contribution in [0.5, 0.6) is 0 Å². The highest BCUT2D eigenvalue weighted by molar-refractivity contribution is 5.81. The predicted octanol–water partition coefficient (Wildman–Crippen LogP) is 4.55. The maximum absolute atomic E-state index is 12.7. The maximum atomic E-state index is 12.7. The van der Waals surface area contributed by atoms with Crippen molar-refractivity contribution < 1.29 is 18.0 Å². The van der Waals surface area contributed by atoms with E-state index in [1.165, 1.54) is 19.3 Å². The molecule has 0 radical (unpaired) electrons. The van der Waals surface area contributed by atoms with Crippen LogP contribution in [0.1, 0.15) is 51.0 Å². The minimum absolute atomic E-state index is 0.164. The Kier molecular flexibility index (Phi) is 6.80. The Bertz CT molecular complexity index is 735. The summed E-state index contributed by atoms with van der Waals surface area (Å²) in [6.45, 7) is 6.56. The first-order valence-corrected chi connectivity index (χ1v) is 11.8. The molecule has 1 heterocycles. The molecule has 3 fully saturated rings. The van der Waals surface area contributed by atoms with Gasteiger partial charge in [-0.1, -0.05) is 13.3 Å². The smallest absolute Gasteiger partial charge is 0.369 e. The average Bonchev–Trinajstić information content (AvgIpc) is 3.54. The van der Waals surface area contributed by atoms with E-state index in [1.807, 2.05) is 0 Å². The minimum Gasteiger partial charge on any atom is -0.369 e. The molecule has 3 aliphatic rings. The number of carbonyl (C=O) groups excluding carboxylic acids is 1. The molecule has 172 valence electrons. The molecule has 2 aliphatic carbocycles. The van der Waals surface area contributed by atoms with Crippen LogP contribution in [0.25, 0.3) is 0 Å². The summed E-state index contributed by atoms with van der Waals surface area (Å²) in [6.07, 6.45) is 2.64. The zero-order chi connectivity index (χ0) is 22.0. The SMILES string of the molecule is CCC1CCC(NC(=O)C2CC2CN2CCN(c3ccc(C(F)(F)F)cc3)CC2)CC1. The van der Waals surface area contributed by atoms with Crippen molar-refractivity contribution >= 4 is 11.6 Å². The second-order valence-corrected chi connectivity index (χ2v) is 9.57. The fourth-order valence-corrected chi connectivity index (χ4v) is 5.18. The number of nitrogens with one attached hydrogen (secondary N) is 1. The van der Waals surface area contributed by atoms with Crippen molar-refractivity contribution in [1.29, 1.82) is 0 Å². The third kappa shape index (κ3) is 5.73. The Balaban J connectivity index is 1.17. The van der Waals surface area contributed by atoms with Crippen LogP contribution in [-0.4, -0.2) is 49.6 Å². The van der Waals surface area contributed by atoms with Gasteiger partial charge in [0.25, 0.3) is 0 Å². The Morgan fingerprint density at radius 1 is 1.03 bits per heavy atom. The summed E-state index contributed by atoms with van der Waals surface area (Å²) in [5, 5.41) is 3.29. The van der Waals surface area contributed by atoms with Gasteiger partial charge in [0, 0.05) is 50.4 Å². The number of carbonyl (C=O) groups is 1. The molecule has 1 aromatic rings. The zero-order valence-electron chi connectivity index (χ0n) is 18.3. The van der Waals surface area contributed by atoms with Crippen molar-refractivity contribution in [1.82, 2.24) is 10.2 Å². The van der Waals surface area contributed by atoms with E-state index in [4.69, 9.17) is 0 Å². The number of hydrogen-bond acceptors (Lipinski definition) is 3. The molecular formula is C24H34F3N3O. The third-order valence-corrected chi connectivity index (χ3v) is 7.45. The molecule has 7 heteroatoms. The average molecular weight is 438 g/mol. The number of halogens is 3. The second-order valence-electron chi connectivity index (χ2n) is 9.57. The fourth-order valence-electron chi connectivity index (χ4n) is 5.18. The van der Waals surface area contributed by atoms with Gasteiger partial charge in [-0.25, -0.2) is 0 Å². The number of alkyl halides is 3. The van der Waals surface area contributed by atoms with Gasteiger partial charge in [0.1, 0.15) is 0 Å². The zero-order valence-corrected chi connectivity index (χ0v) is 18.3. The molecule has 2 saturated carbocycles. The molecule has 4 rings (SSSR count). The van der Waals surface area contributed by atoms with Crippen LogP contribution < -0.4 is 10.2 Å². The van der Waals surface area contributed by atoms with E-state index in [9.17, 15) is 18.0 Å². The van der Waals surface area contributed by atoms with Gasteiger partial charge >= 0.3 is 6.18 Å². The summed E-state index contributed by atoms with van der Waals surface area (Å²) >= 11 is 0. The van der Waals surface area contributed by atoms with E-state index in [0.29, 0.717) is 12.0 Å². The highest BCUT2D eigenvalue weighted by Crippen LogP contribution is 2.40. The maximum Gasteiger partial charge on any atom is 0.416 e. The van der Waals surface area contributed by atoms with Crippen molar-refractivity contribution in [3.05, 3.63) is 29.8 Å². The summed E-state index contributed by atoms with van der Waals surface area (Å²) in [4.78, 5) is 17.1. The summed E-state index contributed by atoms with van der Waals surface area (Å²) in [5.41, 5.74) is 0.237.